The van der Waals surface area contributed by atoms with E-state index in [1.54, 1.807) is 0 Å². The van der Waals surface area contributed by atoms with E-state index in [0.29, 0.717) is 6.10 Å². The van der Waals surface area contributed by atoms with Crippen LogP contribution < -0.4 is 5.32 Å². The van der Waals surface area contributed by atoms with Gasteiger partial charge in [0.25, 0.3) is 0 Å². The monoisotopic (exact) mass is 145 g/mol. The summed E-state index contributed by atoms with van der Waals surface area (Å²) < 4.78 is 5.28. The van der Waals surface area contributed by atoms with Crippen LogP contribution in [0.1, 0.15) is 29.1 Å². The number of ether oxygens (including phenoxy) is 1. The normalized spacial score (nSPS) is 22.8. The van der Waals surface area contributed by atoms with Crippen LogP contribution in [0, 0.1) is 0 Å². The van der Waals surface area contributed by atoms with Gasteiger partial charge in [0.1, 0.15) is 11.9 Å². The van der Waals surface area contributed by atoms with Gasteiger partial charge in [0.2, 0.25) is 0 Å². The maximum absolute atomic E-state index is 5.28. The van der Waals surface area contributed by atoms with Crippen molar-refractivity contribution < 1.29 is 6.16 Å². The molecule has 0 aromatic rings. The van der Waals surface area contributed by atoms with Crippen molar-refractivity contribution in [2.24, 2.45) is 0 Å². The highest BCUT2D eigenvalue weighted by Crippen LogP contribution is 2.03. The molecule has 1 heterocycles. The molecule has 0 saturated heterocycles. The molecule has 0 spiro atoms. The summed E-state index contributed by atoms with van der Waals surface area (Å²) in [5.41, 5.74) is 0. The third kappa shape index (κ3) is 3.38. The van der Waals surface area contributed by atoms with Crippen LogP contribution in [-0.4, -0.2) is 12.6 Å². The van der Waals surface area contributed by atoms with Crippen LogP contribution in [0.25, 0.3) is 0 Å². The van der Waals surface area contributed by atoms with Gasteiger partial charge >= 0.3 is 0 Å². The SMILES string of the molecule is CC.CC1=CNC[C@H](C)O1.[HH]. The standard InChI is InChI=1S/C6H11NO.C2H6.H2/c1-5-3-7-4-6(2)8-5;1-2;/h3,6-7H,4H2,1-2H3;1-2H3;1H/t6-;;/m0../s1. The van der Waals surface area contributed by atoms with Crippen molar-refractivity contribution in [3.8, 4) is 0 Å². The molecule has 1 N–H and O–H groups in total. The molecule has 0 unspecified atom stereocenters. The largest absolute Gasteiger partial charge is 0.492 e. The Labute approximate surface area is 64.8 Å². The highest BCUT2D eigenvalue weighted by molar-refractivity contribution is 4.91. The molecular weight excluding hydrogens is 126 g/mol. The highest BCUT2D eigenvalue weighted by atomic mass is 16.5. The van der Waals surface area contributed by atoms with E-state index in [1.165, 1.54) is 0 Å². The van der Waals surface area contributed by atoms with Gasteiger partial charge < -0.3 is 10.1 Å². The van der Waals surface area contributed by atoms with Gasteiger partial charge in [-0.3, -0.25) is 0 Å². The first kappa shape index (κ1) is 9.34. The Kier molecular flexibility index (Phi) is 4.81. The molecule has 2 heteroatoms. The Morgan fingerprint density at radius 3 is 2.60 bits per heavy atom. The van der Waals surface area contributed by atoms with Crippen molar-refractivity contribution in [1.29, 1.82) is 0 Å². The summed E-state index contributed by atoms with van der Waals surface area (Å²) in [6.45, 7) is 8.92. The van der Waals surface area contributed by atoms with Gasteiger partial charge in [-0.05, 0) is 13.8 Å². The summed E-state index contributed by atoms with van der Waals surface area (Å²) in [6.07, 6.45) is 2.22. The smallest absolute Gasteiger partial charge is 0.113 e. The second kappa shape index (κ2) is 5.15. The van der Waals surface area contributed by atoms with E-state index in [4.69, 9.17) is 4.74 Å². The summed E-state index contributed by atoms with van der Waals surface area (Å²) in [5.74, 6) is 0.976. The lowest BCUT2D eigenvalue weighted by molar-refractivity contribution is 0.119. The molecule has 0 amide bonds. The van der Waals surface area contributed by atoms with Crippen molar-refractivity contribution in [3.63, 3.8) is 0 Å². The van der Waals surface area contributed by atoms with E-state index >= 15 is 0 Å². The molecule has 0 aromatic carbocycles. The Morgan fingerprint density at radius 2 is 2.30 bits per heavy atom. The minimum absolute atomic E-state index is 0. The zero-order chi connectivity index (χ0) is 7.98. The number of rotatable bonds is 0. The second-order valence-electron chi connectivity index (χ2n) is 2.09. The van der Waals surface area contributed by atoms with Crippen molar-refractivity contribution in [1.82, 2.24) is 5.32 Å². The predicted molar refractivity (Wildman–Crippen MR) is 45.8 cm³/mol. The van der Waals surface area contributed by atoms with Crippen molar-refractivity contribution in [2.75, 3.05) is 6.54 Å². The Hall–Kier alpha value is -0.660. The van der Waals surface area contributed by atoms with Crippen LogP contribution in [0.4, 0.5) is 0 Å². The summed E-state index contributed by atoms with van der Waals surface area (Å²) in [4.78, 5) is 0. The van der Waals surface area contributed by atoms with Crippen molar-refractivity contribution in [2.45, 2.75) is 33.8 Å². The quantitative estimate of drug-likeness (QED) is 0.564. The van der Waals surface area contributed by atoms with Crippen LogP contribution >= 0.6 is 0 Å². The molecule has 10 heavy (non-hydrogen) atoms. The Bertz CT molecular complexity index is 115. The van der Waals surface area contributed by atoms with Gasteiger partial charge in [0, 0.05) is 7.63 Å². The predicted octanol–water partition coefficient (Wildman–Crippen LogP) is 2.13. The minimum Gasteiger partial charge on any atom is -0.492 e. The molecule has 0 aliphatic carbocycles. The molecule has 2 nitrogen and oxygen atoms in total. The van der Waals surface area contributed by atoms with Gasteiger partial charge in [-0.25, -0.2) is 0 Å². The zero-order valence-corrected chi connectivity index (χ0v) is 7.27. The maximum Gasteiger partial charge on any atom is 0.113 e. The number of allylic oxidation sites excluding steroid dienone is 1. The average molecular weight is 145 g/mol. The lowest BCUT2D eigenvalue weighted by atomic mass is 10.3. The van der Waals surface area contributed by atoms with E-state index in [2.05, 4.69) is 5.32 Å². The maximum atomic E-state index is 5.28. The van der Waals surface area contributed by atoms with Crippen LogP contribution in [0.15, 0.2) is 12.0 Å². The molecular formula is C8H19NO. The van der Waals surface area contributed by atoms with Crippen molar-refractivity contribution >= 4 is 0 Å². The fourth-order valence-corrected chi connectivity index (χ4v) is 0.762. The molecule has 0 radical (unpaired) electrons. The van der Waals surface area contributed by atoms with Crippen LogP contribution in [0.2, 0.25) is 0 Å². The Balaban J connectivity index is 0. The van der Waals surface area contributed by atoms with E-state index in [-0.39, 0.29) is 1.43 Å². The summed E-state index contributed by atoms with van der Waals surface area (Å²) >= 11 is 0. The van der Waals surface area contributed by atoms with Gasteiger partial charge in [0.05, 0.1) is 6.54 Å². The summed E-state index contributed by atoms with van der Waals surface area (Å²) in [6, 6.07) is 0. The first-order chi connectivity index (χ1) is 4.79. The topological polar surface area (TPSA) is 21.3 Å². The third-order valence-corrected chi connectivity index (χ3v) is 1.10. The van der Waals surface area contributed by atoms with E-state index < -0.39 is 0 Å². The number of hydrogen-bond donors (Lipinski definition) is 1. The highest BCUT2D eigenvalue weighted by Gasteiger charge is 2.05. The summed E-state index contributed by atoms with van der Waals surface area (Å²) in [7, 11) is 0. The molecule has 62 valence electrons. The molecule has 1 atom stereocenters. The molecule has 0 aromatic heterocycles. The van der Waals surface area contributed by atoms with Crippen LogP contribution in [-0.2, 0) is 4.74 Å². The van der Waals surface area contributed by atoms with Gasteiger partial charge in [-0.1, -0.05) is 13.8 Å². The molecule has 1 rings (SSSR count). The lowest BCUT2D eigenvalue weighted by Gasteiger charge is -2.19. The molecule has 1 aliphatic heterocycles. The average Bonchev–Trinajstić information content (AvgIpc) is 1.91. The zero-order valence-electron chi connectivity index (χ0n) is 7.27. The molecule has 1 aliphatic rings. The fraction of sp³-hybridized carbons (Fsp3) is 0.750. The van der Waals surface area contributed by atoms with Gasteiger partial charge in [-0.2, -0.15) is 0 Å². The van der Waals surface area contributed by atoms with E-state index in [9.17, 15) is 0 Å². The third-order valence-electron chi connectivity index (χ3n) is 1.10. The van der Waals surface area contributed by atoms with Crippen LogP contribution in [0.5, 0.6) is 0 Å². The minimum atomic E-state index is 0. The van der Waals surface area contributed by atoms with Crippen LogP contribution in [0.3, 0.4) is 0 Å². The van der Waals surface area contributed by atoms with Gasteiger partial charge in [-0.15, -0.1) is 0 Å². The first-order valence-corrected chi connectivity index (χ1v) is 3.86. The Morgan fingerprint density at radius 1 is 1.70 bits per heavy atom. The second-order valence-corrected chi connectivity index (χ2v) is 2.09. The van der Waals surface area contributed by atoms with Gasteiger partial charge in [0.15, 0.2) is 0 Å². The van der Waals surface area contributed by atoms with E-state index in [1.807, 2.05) is 33.9 Å². The molecule has 0 saturated carbocycles. The lowest BCUT2D eigenvalue weighted by Crippen LogP contribution is -2.27. The van der Waals surface area contributed by atoms with E-state index in [0.717, 1.165) is 12.3 Å². The molecule has 0 bridgehead atoms. The van der Waals surface area contributed by atoms with Crippen molar-refractivity contribution in [3.05, 3.63) is 12.0 Å². The number of nitrogens with one attached hydrogen (secondary N) is 1. The first-order valence-electron chi connectivity index (χ1n) is 3.86. The fourth-order valence-electron chi connectivity index (χ4n) is 0.762. The summed E-state index contributed by atoms with van der Waals surface area (Å²) in [5, 5.41) is 3.10. The molecule has 0 fully saturated rings. The number of hydrogen-bond acceptors (Lipinski definition) is 2.